The van der Waals surface area contributed by atoms with Gasteiger partial charge in [-0.3, -0.25) is 0 Å². The van der Waals surface area contributed by atoms with E-state index in [9.17, 15) is 0 Å². The summed E-state index contributed by atoms with van der Waals surface area (Å²) < 4.78 is 7.40. The van der Waals surface area contributed by atoms with Gasteiger partial charge >= 0.3 is 0 Å². The molecule has 1 aromatic carbocycles. The highest BCUT2D eigenvalue weighted by atomic mass is 32.1. The number of rotatable bonds is 5. The number of aromatic nitrogens is 3. The molecule has 0 amide bonds. The van der Waals surface area contributed by atoms with Gasteiger partial charge in [0.05, 0.1) is 10.2 Å². The number of fused-ring (bicyclic) bond motifs is 1. The van der Waals surface area contributed by atoms with E-state index in [1.165, 1.54) is 11.1 Å². The molecule has 1 N–H and O–H groups in total. The number of anilines is 2. The quantitative estimate of drug-likeness (QED) is 0.722. The lowest BCUT2D eigenvalue weighted by Crippen LogP contribution is -2.43. The number of benzene rings is 1. The number of ether oxygens (including phenoxy) is 1. The minimum atomic E-state index is 0.187. The van der Waals surface area contributed by atoms with E-state index >= 15 is 0 Å². The Labute approximate surface area is 162 Å². The Morgan fingerprint density at radius 3 is 2.85 bits per heavy atom. The predicted molar refractivity (Wildman–Crippen MR) is 109 cm³/mol. The van der Waals surface area contributed by atoms with Gasteiger partial charge in [0.15, 0.2) is 10.9 Å². The number of nitrogens with zero attached hydrogens (tertiary/aromatic N) is 4. The molecule has 1 atom stereocenters. The molecule has 3 aromatic rings. The maximum absolute atomic E-state index is 6.18. The lowest BCUT2D eigenvalue weighted by atomic mass is 9.89. The van der Waals surface area contributed by atoms with E-state index in [4.69, 9.17) is 4.74 Å². The van der Waals surface area contributed by atoms with Gasteiger partial charge in [0.25, 0.3) is 5.88 Å². The monoisotopic (exact) mass is 381 g/mol. The lowest BCUT2D eigenvalue weighted by Gasteiger charge is -2.35. The fourth-order valence-electron chi connectivity index (χ4n) is 3.79. The van der Waals surface area contributed by atoms with Gasteiger partial charge in [-0.15, -0.1) is 0 Å². The maximum atomic E-state index is 6.18. The van der Waals surface area contributed by atoms with Crippen LogP contribution < -0.4 is 15.0 Å². The zero-order valence-corrected chi connectivity index (χ0v) is 16.2. The molecule has 2 fully saturated rings. The number of hydrogen-bond donors (Lipinski definition) is 1. The van der Waals surface area contributed by atoms with Crippen molar-refractivity contribution in [3.8, 4) is 5.88 Å². The third-order valence-corrected chi connectivity index (χ3v) is 6.33. The molecule has 140 valence electrons. The molecular formula is C20H23N5OS. The molecule has 0 bridgehead atoms. The smallest absolute Gasteiger partial charge is 0.257 e. The van der Waals surface area contributed by atoms with E-state index in [0.29, 0.717) is 17.8 Å². The van der Waals surface area contributed by atoms with Crippen molar-refractivity contribution in [1.82, 2.24) is 15.0 Å². The summed E-state index contributed by atoms with van der Waals surface area (Å²) in [4.78, 5) is 15.9. The van der Waals surface area contributed by atoms with Crippen molar-refractivity contribution in [2.45, 2.75) is 38.3 Å². The Balaban J connectivity index is 1.19. The fraction of sp³-hybridized carbons (Fsp3) is 0.450. The summed E-state index contributed by atoms with van der Waals surface area (Å²) in [6.07, 6.45) is 6.78. The van der Waals surface area contributed by atoms with Crippen molar-refractivity contribution in [2.24, 2.45) is 5.92 Å². The van der Waals surface area contributed by atoms with Crippen molar-refractivity contribution in [2.75, 3.05) is 23.3 Å². The molecule has 27 heavy (non-hydrogen) atoms. The SMILES string of the molecule is CC1CCN(c2nccnc2O[C@H]2C[C@@H](Nc3nc4ccccc4s3)C2)C1. The van der Waals surface area contributed by atoms with E-state index in [2.05, 4.69) is 50.3 Å². The largest absolute Gasteiger partial charge is 0.472 e. The van der Waals surface area contributed by atoms with Crippen molar-refractivity contribution in [1.29, 1.82) is 0 Å². The molecule has 1 aliphatic heterocycles. The van der Waals surface area contributed by atoms with Gasteiger partial charge in [-0.25, -0.2) is 15.0 Å². The van der Waals surface area contributed by atoms with Gasteiger partial charge in [0.1, 0.15) is 6.10 Å². The number of hydrogen-bond acceptors (Lipinski definition) is 7. The van der Waals surface area contributed by atoms with Crippen LogP contribution >= 0.6 is 11.3 Å². The molecule has 3 heterocycles. The summed E-state index contributed by atoms with van der Waals surface area (Å²) in [5.41, 5.74) is 1.06. The summed E-state index contributed by atoms with van der Waals surface area (Å²) in [6.45, 7) is 4.34. The second-order valence-electron chi connectivity index (χ2n) is 7.56. The molecule has 0 radical (unpaired) electrons. The van der Waals surface area contributed by atoms with Crippen molar-refractivity contribution in [3.05, 3.63) is 36.7 Å². The Hall–Kier alpha value is -2.41. The van der Waals surface area contributed by atoms with Crippen molar-refractivity contribution < 1.29 is 4.74 Å². The highest BCUT2D eigenvalue weighted by molar-refractivity contribution is 7.22. The number of nitrogens with one attached hydrogen (secondary N) is 1. The van der Waals surface area contributed by atoms with Crippen LogP contribution in [0.25, 0.3) is 10.2 Å². The molecule has 7 heteroatoms. The van der Waals surface area contributed by atoms with E-state index in [1.54, 1.807) is 23.7 Å². The van der Waals surface area contributed by atoms with E-state index in [1.807, 2.05) is 6.07 Å². The first-order valence-electron chi connectivity index (χ1n) is 9.59. The Morgan fingerprint density at radius 1 is 1.19 bits per heavy atom. The highest BCUT2D eigenvalue weighted by Crippen LogP contribution is 2.34. The molecule has 0 spiro atoms. The van der Waals surface area contributed by atoms with Crippen LogP contribution in [0, 0.1) is 5.92 Å². The van der Waals surface area contributed by atoms with Gasteiger partial charge < -0.3 is 15.0 Å². The molecule has 1 saturated heterocycles. The molecular weight excluding hydrogens is 358 g/mol. The van der Waals surface area contributed by atoms with Gasteiger partial charge in [0.2, 0.25) is 0 Å². The van der Waals surface area contributed by atoms with Crippen LogP contribution in [0.4, 0.5) is 10.9 Å². The topological polar surface area (TPSA) is 63.2 Å². The zero-order chi connectivity index (χ0) is 18.2. The summed E-state index contributed by atoms with van der Waals surface area (Å²) in [7, 11) is 0. The fourth-order valence-corrected chi connectivity index (χ4v) is 4.73. The molecule has 1 aliphatic carbocycles. The average molecular weight is 382 g/mol. The van der Waals surface area contributed by atoms with Gasteiger partial charge in [-0.2, -0.15) is 0 Å². The van der Waals surface area contributed by atoms with Crippen molar-refractivity contribution >= 4 is 32.5 Å². The summed E-state index contributed by atoms with van der Waals surface area (Å²) in [5, 5.41) is 4.53. The highest BCUT2D eigenvalue weighted by Gasteiger charge is 2.33. The number of para-hydroxylation sites is 1. The van der Waals surface area contributed by atoms with Crippen LogP contribution in [0.3, 0.4) is 0 Å². The molecule has 5 rings (SSSR count). The van der Waals surface area contributed by atoms with E-state index in [-0.39, 0.29) is 6.10 Å². The van der Waals surface area contributed by atoms with Crippen LogP contribution in [0.5, 0.6) is 5.88 Å². The second kappa shape index (κ2) is 6.96. The minimum absolute atomic E-state index is 0.187. The summed E-state index contributed by atoms with van der Waals surface area (Å²) in [6, 6.07) is 8.65. The molecule has 1 saturated carbocycles. The van der Waals surface area contributed by atoms with Gasteiger partial charge in [-0.1, -0.05) is 30.4 Å². The van der Waals surface area contributed by atoms with Gasteiger partial charge in [0, 0.05) is 44.4 Å². The van der Waals surface area contributed by atoms with Crippen molar-refractivity contribution in [3.63, 3.8) is 0 Å². The molecule has 6 nitrogen and oxygen atoms in total. The first-order valence-corrected chi connectivity index (χ1v) is 10.4. The Morgan fingerprint density at radius 2 is 2.04 bits per heavy atom. The van der Waals surface area contributed by atoms with Crippen LogP contribution in [-0.4, -0.2) is 40.2 Å². The van der Waals surface area contributed by atoms with Crippen LogP contribution in [-0.2, 0) is 0 Å². The van der Waals surface area contributed by atoms with Gasteiger partial charge in [-0.05, 0) is 24.5 Å². The molecule has 1 unspecified atom stereocenters. The maximum Gasteiger partial charge on any atom is 0.257 e. The Kier molecular flexibility index (Phi) is 4.32. The lowest BCUT2D eigenvalue weighted by molar-refractivity contribution is 0.103. The molecule has 2 aliphatic rings. The molecule has 2 aromatic heterocycles. The average Bonchev–Trinajstić information content (AvgIpc) is 3.26. The Bertz CT molecular complexity index is 906. The third kappa shape index (κ3) is 3.43. The normalized spacial score (nSPS) is 24.8. The van der Waals surface area contributed by atoms with Crippen LogP contribution in [0.2, 0.25) is 0 Å². The summed E-state index contributed by atoms with van der Waals surface area (Å²) >= 11 is 1.71. The van der Waals surface area contributed by atoms with E-state index < -0.39 is 0 Å². The standard InChI is InChI=1S/C20H23N5OS/c1-13-6-9-25(12-13)18-19(22-8-7-21-18)26-15-10-14(11-15)23-20-24-16-4-2-3-5-17(16)27-20/h2-5,7-8,13-15H,6,9-12H2,1H3,(H,23,24)/t13?,14-,15+. The zero-order valence-electron chi connectivity index (χ0n) is 15.3. The van der Waals surface area contributed by atoms with Crippen LogP contribution in [0.1, 0.15) is 26.2 Å². The first-order chi connectivity index (χ1) is 13.2. The third-order valence-electron chi connectivity index (χ3n) is 5.36. The summed E-state index contributed by atoms with van der Waals surface area (Å²) in [5.74, 6) is 2.27. The van der Waals surface area contributed by atoms with Crippen LogP contribution in [0.15, 0.2) is 36.7 Å². The van der Waals surface area contributed by atoms with E-state index in [0.717, 1.165) is 42.4 Å². The first kappa shape index (κ1) is 16.7. The number of thiazole rings is 1. The second-order valence-corrected chi connectivity index (χ2v) is 8.59. The predicted octanol–water partition coefficient (Wildman–Crippen LogP) is 3.95. The minimum Gasteiger partial charge on any atom is -0.472 e.